The van der Waals surface area contributed by atoms with Gasteiger partial charge in [-0.3, -0.25) is 18.9 Å². The molecular weight excluding hydrogens is 611 g/mol. The molecule has 1 amide bonds. The van der Waals surface area contributed by atoms with Gasteiger partial charge in [-0.15, -0.1) is 0 Å². The Morgan fingerprint density at radius 1 is 1.07 bits per heavy atom. The summed E-state index contributed by atoms with van der Waals surface area (Å²) in [4.78, 5) is 43.4. The van der Waals surface area contributed by atoms with E-state index in [4.69, 9.17) is 9.26 Å². The molecule has 7 atom stereocenters. The van der Waals surface area contributed by atoms with Crippen molar-refractivity contribution in [2.75, 3.05) is 13.2 Å². The van der Waals surface area contributed by atoms with E-state index in [-0.39, 0.29) is 66.5 Å². The fourth-order valence-corrected chi connectivity index (χ4v) is 11.3. The molecule has 0 spiro atoms. The number of ketones is 1. The summed E-state index contributed by atoms with van der Waals surface area (Å²) in [5, 5.41) is -1.11. The van der Waals surface area contributed by atoms with Crippen molar-refractivity contribution in [1.82, 2.24) is 4.90 Å². The van der Waals surface area contributed by atoms with Crippen molar-refractivity contribution in [1.29, 1.82) is 0 Å². The van der Waals surface area contributed by atoms with E-state index in [0.29, 0.717) is 19.4 Å². The lowest BCUT2D eigenvalue weighted by Crippen LogP contribution is -2.46. The summed E-state index contributed by atoms with van der Waals surface area (Å²) in [5.41, 5.74) is -0.292. The van der Waals surface area contributed by atoms with E-state index in [9.17, 15) is 27.7 Å². The van der Waals surface area contributed by atoms with E-state index in [0.717, 1.165) is 63.5 Å². The van der Waals surface area contributed by atoms with Crippen LogP contribution < -0.4 is 0 Å². The lowest BCUT2D eigenvalue weighted by molar-refractivity contribution is -0.155. The van der Waals surface area contributed by atoms with Gasteiger partial charge in [0, 0.05) is 18.5 Å². The van der Waals surface area contributed by atoms with Crippen molar-refractivity contribution in [2.45, 2.75) is 121 Å². The lowest BCUT2D eigenvalue weighted by atomic mass is 9.85. The summed E-state index contributed by atoms with van der Waals surface area (Å²) in [6.07, 6.45) is 11.3. The standard InChI is InChI=1S/C36H50F2NO6P/c1-4-44-46(43,23-29-30(37)16-11-17-31(29)38)36-20-26(36)13-8-6-5-7-12-25(3)28(19-34(41)45-27-14-9-10-15-27)35(42)39-22-24(2)18-32(39)33(40)21-36/h8,11,13,16-17,24-28,32H,4-7,9-10,12,14-15,18-23H2,1-3H3/b13-8-/t24-,25+,26+,28-,32-,36+,46?/m0/s1. The third-order valence-corrected chi connectivity index (χ3v) is 14.3. The molecule has 1 aromatic carbocycles. The third kappa shape index (κ3) is 7.51. The highest BCUT2D eigenvalue weighted by atomic mass is 31.2. The summed E-state index contributed by atoms with van der Waals surface area (Å²) in [6.45, 7) is 6.18. The van der Waals surface area contributed by atoms with E-state index in [1.807, 2.05) is 26.0 Å². The zero-order valence-electron chi connectivity index (χ0n) is 27.6. The monoisotopic (exact) mass is 661 g/mol. The molecule has 5 rings (SSSR count). The SMILES string of the molecule is CCOP(=O)(Cc1c(F)cccc1F)[C@]12CC(=O)[C@@H]3C[C@H](C)CN3C(=O)[C@@H](CC(=O)OC3CCCC3)[C@H](C)CCCC/C=C\[C@@H]1C2. The van der Waals surface area contributed by atoms with Gasteiger partial charge in [-0.2, -0.15) is 0 Å². The van der Waals surface area contributed by atoms with Crippen LogP contribution in [0.1, 0.15) is 103 Å². The zero-order valence-corrected chi connectivity index (χ0v) is 28.5. The van der Waals surface area contributed by atoms with Crippen LogP contribution in [0, 0.1) is 35.3 Å². The molecule has 2 aliphatic heterocycles. The molecule has 2 heterocycles. The molecule has 46 heavy (non-hydrogen) atoms. The minimum Gasteiger partial charge on any atom is -0.462 e. The third-order valence-electron chi connectivity index (χ3n) is 10.8. The summed E-state index contributed by atoms with van der Waals surface area (Å²) in [6, 6.07) is 2.82. The summed E-state index contributed by atoms with van der Waals surface area (Å²) >= 11 is 0. The van der Waals surface area contributed by atoms with Crippen molar-refractivity contribution < 1.29 is 37.0 Å². The van der Waals surface area contributed by atoms with Gasteiger partial charge in [0.05, 0.1) is 36.3 Å². The van der Waals surface area contributed by atoms with Gasteiger partial charge in [0.1, 0.15) is 17.7 Å². The Balaban J connectivity index is 1.45. The second kappa shape index (κ2) is 14.8. The van der Waals surface area contributed by atoms with Gasteiger partial charge in [0.2, 0.25) is 13.3 Å². The van der Waals surface area contributed by atoms with Gasteiger partial charge in [-0.25, -0.2) is 8.78 Å². The largest absolute Gasteiger partial charge is 0.462 e. The number of nitrogens with zero attached hydrogens (tertiary/aromatic N) is 1. The highest BCUT2D eigenvalue weighted by Crippen LogP contribution is 2.77. The maximum absolute atomic E-state index is 14.9. The average molecular weight is 662 g/mol. The second-order valence-electron chi connectivity index (χ2n) is 14.3. The average Bonchev–Trinajstić information content (AvgIpc) is 3.28. The van der Waals surface area contributed by atoms with Gasteiger partial charge in [0.15, 0.2) is 5.78 Å². The second-order valence-corrected chi connectivity index (χ2v) is 17.1. The fraction of sp³-hybridized carbons (Fsp3) is 0.694. The smallest absolute Gasteiger partial charge is 0.306 e. The molecule has 0 bridgehead atoms. The van der Waals surface area contributed by atoms with Crippen LogP contribution >= 0.6 is 7.37 Å². The Hall–Kier alpha value is -2.38. The Kier molecular flexibility index (Phi) is 11.2. The van der Waals surface area contributed by atoms with Crippen LogP contribution in [0.15, 0.2) is 30.4 Å². The normalized spacial score (nSPS) is 33.0. The predicted octanol–water partition coefficient (Wildman–Crippen LogP) is 7.99. The summed E-state index contributed by atoms with van der Waals surface area (Å²) < 4.78 is 56.3. The minimum atomic E-state index is -3.82. The van der Waals surface area contributed by atoms with E-state index >= 15 is 0 Å². The molecule has 1 aromatic rings. The molecule has 3 fully saturated rings. The fourth-order valence-electron chi connectivity index (χ4n) is 8.09. The van der Waals surface area contributed by atoms with E-state index in [2.05, 4.69) is 0 Å². The van der Waals surface area contributed by atoms with Crippen LogP contribution in [-0.2, 0) is 34.4 Å². The topological polar surface area (TPSA) is 90.0 Å². The maximum Gasteiger partial charge on any atom is 0.306 e. The molecule has 0 aromatic heterocycles. The highest BCUT2D eigenvalue weighted by molar-refractivity contribution is 7.60. The van der Waals surface area contributed by atoms with Crippen molar-refractivity contribution in [3.05, 3.63) is 47.5 Å². The van der Waals surface area contributed by atoms with Crippen molar-refractivity contribution in [3.63, 3.8) is 0 Å². The van der Waals surface area contributed by atoms with Gasteiger partial charge >= 0.3 is 5.97 Å². The number of fused-ring (bicyclic) bond motifs is 2. The molecule has 1 unspecified atom stereocenters. The first-order valence-corrected chi connectivity index (χ1v) is 19.1. The lowest BCUT2D eigenvalue weighted by Gasteiger charge is -2.33. The summed E-state index contributed by atoms with van der Waals surface area (Å²) in [7, 11) is -3.82. The number of ether oxygens (including phenoxy) is 1. The molecule has 2 saturated carbocycles. The van der Waals surface area contributed by atoms with Crippen LogP contribution in [0.2, 0.25) is 0 Å². The molecule has 0 radical (unpaired) electrons. The van der Waals surface area contributed by atoms with Crippen LogP contribution in [-0.4, -0.2) is 53.0 Å². The predicted molar refractivity (Wildman–Crippen MR) is 172 cm³/mol. The first kappa shape index (κ1) is 34.9. The highest BCUT2D eigenvalue weighted by Gasteiger charge is 2.66. The molecule has 1 saturated heterocycles. The number of amides is 1. The maximum atomic E-state index is 14.9. The Morgan fingerprint density at radius 2 is 1.76 bits per heavy atom. The molecule has 7 nitrogen and oxygen atoms in total. The number of hydrogen-bond acceptors (Lipinski definition) is 6. The number of carbonyl (C=O) groups is 3. The van der Waals surface area contributed by atoms with Crippen molar-refractivity contribution >= 4 is 25.0 Å². The number of halogens is 2. The van der Waals surface area contributed by atoms with Crippen LogP contribution in [0.25, 0.3) is 0 Å². The molecular formula is C36H50F2NO6P. The van der Waals surface area contributed by atoms with Crippen molar-refractivity contribution in [3.8, 4) is 0 Å². The quantitative estimate of drug-likeness (QED) is 0.159. The Bertz CT molecular complexity index is 1340. The van der Waals surface area contributed by atoms with Gasteiger partial charge in [-0.05, 0) is 94.6 Å². The number of carbonyl (C=O) groups excluding carboxylic acids is 3. The van der Waals surface area contributed by atoms with Crippen LogP contribution in [0.4, 0.5) is 8.78 Å². The summed E-state index contributed by atoms with van der Waals surface area (Å²) in [5.74, 6) is -3.20. The van der Waals surface area contributed by atoms with Gasteiger partial charge in [0.25, 0.3) is 0 Å². The number of rotatable bonds is 8. The number of benzene rings is 1. The molecule has 0 N–H and O–H groups in total. The van der Waals surface area contributed by atoms with E-state index in [1.54, 1.807) is 11.8 Å². The molecule has 254 valence electrons. The molecule has 10 heteroatoms. The molecule has 4 aliphatic rings. The number of allylic oxidation sites excluding steroid dienone is 2. The van der Waals surface area contributed by atoms with Crippen molar-refractivity contribution in [2.24, 2.45) is 23.7 Å². The van der Waals surface area contributed by atoms with Gasteiger partial charge < -0.3 is 14.2 Å². The first-order valence-electron chi connectivity index (χ1n) is 17.3. The number of Topliss-reactive ketones (excluding diaryl/α,β-unsaturated/α-hetero) is 1. The zero-order chi connectivity index (χ0) is 33.1. The Labute approximate surface area is 272 Å². The first-order chi connectivity index (χ1) is 22.0. The number of esters is 1. The Morgan fingerprint density at radius 3 is 2.46 bits per heavy atom. The van der Waals surface area contributed by atoms with Crippen LogP contribution in [0.3, 0.4) is 0 Å². The van der Waals surface area contributed by atoms with E-state index < -0.39 is 42.3 Å². The minimum absolute atomic E-state index is 0.0120. The van der Waals surface area contributed by atoms with Gasteiger partial charge in [-0.1, -0.05) is 38.5 Å². The molecule has 2 aliphatic carbocycles. The van der Waals surface area contributed by atoms with E-state index in [1.165, 1.54) is 6.07 Å². The van der Waals surface area contributed by atoms with Crippen LogP contribution in [0.5, 0.6) is 0 Å². The number of hydrogen-bond donors (Lipinski definition) is 0.